The Balaban J connectivity index is 3.31. The maximum Gasteiger partial charge on any atom is 0.433 e. The highest BCUT2D eigenvalue weighted by molar-refractivity contribution is 5.86. The zero-order valence-corrected chi connectivity index (χ0v) is 10.2. The maximum atomic E-state index is 12.8. The van der Waals surface area contributed by atoms with Gasteiger partial charge in [0.15, 0.2) is 5.69 Å². The van der Waals surface area contributed by atoms with E-state index in [9.17, 15) is 27.6 Å². The number of carbonyl (C=O) groups excluding carboxylic acids is 1. The van der Waals surface area contributed by atoms with E-state index < -0.39 is 53.7 Å². The summed E-state index contributed by atoms with van der Waals surface area (Å²) in [4.78, 5) is 37.8. The minimum atomic E-state index is -4.94. The molecule has 0 saturated heterocycles. The van der Waals surface area contributed by atoms with Crippen molar-refractivity contribution in [1.29, 1.82) is 0 Å². The summed E-state index contributed by atoms with van der Waals surface area (Å²) in [6, 6.07) is 0. The molecule has 0 unspecified atom stereocenters. The second-order valence-corrected chi connectivity index (χ2v) is 3.81. The van der Waals surface area contributed by atoms with Crippen molar-refractivity contribution in [3.05, 3.63) is 21.6 Å². The second kappa shape index (κ2) is 5.72. The third kappa shape index (κ3) is 4.07. The maximum absolute atomic E-state index is 12.8. The quantitative estimate of drug-likeness (QED) is 0.759. The van der Waals surface area contributed by atoms with Crippen LogP contribution in [0.25, 0.3) is 0 Å². The highest BCUT2D eigenvalue weighted by atomic mass is 19.4. The monoisotopic (exact) mass is 293 g/mol. The lowest BCUT2D eigenvalue weighted by molar-refractivity contribution is -0.143. The molecule has 1 aromatic heterocycles. The lowest BCUT2D eigenvalue weighted by atomic mass is 10.1. The summed E-state index contributed by atoms with van der Waals surface area (Å²) in [5.74, 6) is -2.70. The number of nitrogens with one attached hydrogen (secondary N) is 2. The molecule has 110 valence electrons. The fourth-order valence-corrected chi connectivity index (χ4v) is 1.42. The van der Waals surface area contributed by atoms with Gasteiger partial charge in [0, 0.05) is 18.9 Å². The van der Waals surface area contributed by atoms with Crippen molar-refractivity contribution in [2.75, 3.05) is 5.32 Å². The molecule has 1 heterocycles. The third-order valence-corrected chi connectivity index (χ3v) is 2.17. The van der Waals surface area contributed by atoms with Crippen LogP contribution in [0.5, 0.6) is 0 Å². The number of aromatic amines is 1. The first-order valence-corrected chi connectivity index (χ1v) is 5.31. The summed E-state index contributed by atoms with van der Waals surface area (Å²) in [7, 11) is 0. The van der Waals surface area contributed by atoms with E-state index in [0.29, 0.717) is 0 Å². The van der Waals surface area contributed by atoms with Crippen LogP contribution in [-0.4, -0.2) is 27.0 Å². The van der Waals surface area contributed by atoms with Crippen LogP contribution in [0.1, 0.15) is 24.6 Å². The Labute approximate surface area is 109 Å². The zero-order valence-electron chi connectivity index (χ0n) is 10.2. The Morgan fingerprint density at radius 3 is 2.45 bits per heavy atom. The van der Waals surface area contributed by atoms with E-state index in [1.807, 2.05) is 10.3 Å². The Bertz CT molecular complexity index is 594. The normalized spacial score (nSPS) is 11.2. The fourth-order valence-electron chi connectivity index (χ4n) is 1.42. The van der Waals surface area contributed by atoms with E-state index in [2.05, 4.69) is 4.98 Å². The first-order chi connectivity index (χ1) is 9.11. The Hall–Kier alpha value is -2.39. The van der Waals surface area contributed by atoms with E-state index in [1.165, 1.54) is 0 Å². The number of alkyl halides is 3. The van der Waals surface area contributed by atoms with Gasteiger partial charge in [0.05, 0.1) is 0 Å². The van der Waals surface area contributed by atoms with Crippen molar-refractivity contribution in [3.63, 3.8) is 0 Å². The number of anilines is 1. The summed E-state index contributed by atoms with van der Waals surface area (Å²) in [5.41, 5.74) is -3.43. The molecule has 0 saturated carbocycles. The molecule has 0 aliphatic carbocycles. The van der Waals surface area contributed by atoms with E-state index in [0.717, 1.165) is 6.92 Å². The molecule has 1 aromatic rings. The van der Waals surface area contributed by atoms with Crippen molar-refractivity contribution in [2.24, 2.45) is 0 Å². The molecule has 0 aliphatic heterocycles. The van der Waals surface area contributed by atoms with Crippen LogP contribution in [-0.2, 0) is 22.2 Å². The number of carbonyl (C=O) groups is 2. The van der Waals surface area contributed by atoms with Crippen LogP contribution in [0.2, 0.25) is 0 Å². The van der Waals surface area contributed by atoms with Crippen molar-refractivity contribution in [2.45, 2.75) is 25.9 Å². The number of halogens is 3. The summed E-state index contributed by atoms with van der Waals surface area (Å²) < 4.78 is 38.4. The number of carboxylic acid groups (broad SMARTS) is 1. The van der Waals surface area contributed by atoms with E-state index >= 15 is 0 Å². The first kappa shape index (κ1) is 15.7. The minimum Gasteiger partial charge on any atom is -0.481 e. The molecule has 7 nitrogen and oxygen atoms in total. The van der Waals surface area contributed by atoms with Gasteiger partial charge in [0.2, 0.25) is 11.9 Å². The summed E-state index contributed by atoms with van der Waals surface area (Å²) in [5, 5.41) is 10.4. The largest absolute Gasteiger partial charge is 0.481 e. The van der Waals surface area contributed by atoms with Gasteiger partial charge in [0.25, 0.3) is 5.56 Å². The van der Waals surface area contributed by atoms with Crippen LogP contribution in [0, 0.1) is 0 Å². The standard InChI is InChI=1S/C10H10F3N3O4/c1-4(17)14-9-15-7(10(11,12)13)5(8(20)16-9)2-3-6(18)19/h2-3H2,1H3,(H,18,19)(H2,14,15,16,17,20). The molecule has 1 amide bonds. The molecule has 0 bridgehead atoms. The van der Waals surface area contributed by atoms with Gasteiger partial charge in [-0.3, -0.25) is 24.7 Å². The SMILES string of the molecule is CC(=O)Nc1nc(C(F)(F)F)c(CCC(=O)O)c(=O)[nH]1. The molecule has 10 heteroatoms. The number of amides is 1. The van der Waals surface area contributed by atoms with E-state index in [1.54, 1.807) is 0 Å². The van der Waals surface area contributed by atoms with Gasteiger partial charge < -0.3 is 5.11 Å². The van der Waals surface area contributed by atoms with Gasteiger partial charge in [0.1, 0.15) is 0 Å². The van der Waals surface area contributed by atoms with Crippen LogP contribution in [0.4, 0.5) is 19.1 Å². The molecule has 3 N–H and O–H groups in total. The summed E-state index contributed by atoms with van der Waals surface area (Å²) in [6.07, 6.45) is -6.20. The number of carboxylic acids is 1. The molecular formula is C10H10F3N3O4. The minimum absolute atomic E-state index is 0.618. The lowest BCUT2D eigenvalue weighted by Gasteiger charge is -2.12. The third-order valence-electron chi connectivity index (χ3n) is 2.17. The van der Waals surface area contributed by atoms with Crippen LogP contribution < -0.4 is 10.9 Å². The number of nitrogens with zero attached hydrogens (tertiary/aromatic N) is 1. The van der Waals surface area contributed by atoms with Crippen molar-refractivity contribution in [1.82, 2.24) is 9.97 Å². The van der Waals surface area contributed by atoms with Gasteiger partial charge in [-0.05, 0) is 6.42 Å². The van der Waals surface area contributed by atoms with Gasteiger partial charge in [-0.1, -0.05) is 0 Å². The second-order valence-electron chi connectivity index (χ2n) is 3.81. The molecule has 0 aliphatic rings. The highest BCUT2D eigenvalue weighted by Crippen LogP contribution is 2.30. The number of rotatable bonds is 4. The van der Waals surface area contributed by atoms with Gasteiger partial charge >= 0.3 is 12.1 Å². The number of aromatic nitrogens is 2. The predicted molar refractivity (Wildman–Crippen MR) is 60.1 cm³/mol. The Kier molecular flexibility index (Phi) is 4.48. The molecule has 0 fully saturated rings. The summed E-state index contributed by atoms with van der Waals surface area (Å²) in [6.45, 7) is 1.03. The fraction of sp³-hybridized carbons (Fsp3) is 0.400. The van der Waals surface area contributed by atoms with Crippen LogP contribution in [0.15, 0.2) is 4.79 Å². The predicted octanol–water partition coefficient (Wildman–Crippen LogP) is 0.764. The molecule has 20 heavy (non-hydrogen) atoms. The molecule has 0 spiro atoms. The van der Waals surface area contributed by atoms with Crippen LogP contribution in [0.3, 0.4) is 0 Å². The van der Waals surface area contributed by atoms with Crippen LogP contribution >= 0.6 is 0 Å². The highest BCUT2D eigenvalue weighted by Gasteiger charge is 2.37. The van der Waals surface area contributed by atoms with Gasteiger partial charge in [-0.15, -0.1) is 0 Å². The van der Waals surface area contributed by atoms with Crippen molar-refractivity contribution >= 4 is 17.8 Å². The Morgan fingerprint density at radius 2 is 2.00 bits per heavy atom. The molecule has 0 radical (unpaired) electrons. The molecular weight excluding hydrogens is 283 g/mol. The number of H-pyrrole nitrogens is 1. The number of hydrogen-bond donors (Lipinski definition) is 3. The smallest absolute Gasteiger partial charge is 0.433 e. The van der Waals surface area contributed by atoms with Crippen molar-refractivity contribution < 1.29 is 27.9 Å². The van der Waals surface area contributed by atoms with Gasteiger partial charge in [-0.2, -0.15) is 13.2 Å². The average molecular weight is 293 g/mol. The molecule has 0 aromatic carbocycles. The van der Waals surface area contributed by atoms with E-state index in [4.69, 9.17) is 5.11 Å². The Morgan fingerprint density at radius 1 is 1.40 bits per heavy atom. The number of aliphatic carboxylic acids is 1. The topological polar surface area (TPSA) is 112 Å². The first-order valence-electron chi connectivity index (χ1n) is 5.31. The molecule has 0 atom stereocenters. The summed E-state index contributed by atoms with van der Waals surface area (Å²) >= 11 is 0. The van der Waals surface area contributed by atoms with Gasteiger partial charge in [-0.25, -0.2) is 4.98 Å². The van der Waals surface area contributed by atoms with E-state index in [-0.39, 0.29) is 0 Å². The number of hydrogen-bond acceptors (Lipinski definition) is 4. The zero-order chi connectivity index (χ0) is 15.5. The molecule has 1 rings (SSSR count). The lowest BCUT2D eigenvalue weighted by Crippen LogP contribution is -2.26. The average Bonchev–Trinajstić information content (AvgIpc) is 2.24. The van der Waals surface area contributed by atoms with Crippen molar-refractivity contribution in [3.8, 4) is 0 Å².